The largest absolute Gasteiger partial charge is 0.478 e. The van der Waals surface area contributed by atoms with Gasteiger partial charge >= 0.3 is 5.97 Å². The fourth-order valence-electron chi connectivity index (χ4n) is 4.40. The van der Waals surface area contributed by atoms with Crippen molar-refractivity contribution in [2.24, 2.45) is 0 Å². The molecule has 4 rings (SSSR count). The van der Waals surface area contributed by atoms with Gasteiger partial charge in [0.2, 0.25) is 5.91 Å². The van der Waals surface area contributed by atoms with Crippen molar-refractivity contribution in [1.29, 1.82) is 0 Å². The number of aromatic carboxylic acids is 1. The molecule has 2 atom stereocenters. The van der Waals surface area contributed by atoms with E-state index in [4.69, 9.17) is 16.7 Å². The number of amides is 1. The zero-order valence-electron chi connectivity index (χ0n) is 17.2. The second kappa shape index (κ2) is 8.85. The van der Waals surface area contributed by atoms with E-state index >= 15 is 0 Å². The SMILES string of the molecule is O=C(O)c1ccc(CCN2C(=O)CCC2C=CC(O)C2(c3ccc(Cl)cc3)CC2)cc1. The first kappa shape index (κ1) is 21.6. The summed E-state index contributed by atoms with van der Waals surface area (Å²) in [5.74, 6) is -0.831. The van der Waals surface area contributed by atoms with E-state index in [2.05, 4.69) is 0 Å². The minimum Gasteiger partial charge on any atom is -0.478 e. The Hall–Kier alpha value is -2.63. The highest BCUT2D eigenvalue weighted by atomic mass is 35.5. The highest BCUT2D eigenvalue weighted by Gasteiger charge is 2.49. The molecule has 1 aliphatic carbocycles. The average Bonchev–Trinajstić information content (AvgIpc) is 3.50. The molecule has 0 aromatic heterocycles. The summed E-state index contributed by atoms with van der Waals surface area (Å²) >= 11 is 5.99. The van der Waals surface area contributed by atoms with Gasteiger partial charge in [0.15, 0.2) is 0 Å². The predicted octanol–water partition coefficient (Wildman–Crippen LogP) is 4.22. The minimum absolute atomic E-state index is 0.0264. The lowest BCUT2D eigenvalue weighted by Crippen LogP contribution is -2.34. The van der Waals surface area contributed by atoms with E-state index in [1.165, 1.54) is 0 Å². The van der Waals surface area contributed by atoms with Gasteiger partial charge in [0.05, 0.1) is 17.7 Å². The first-order valence-corrected chi connectivity index (χ1v) is 11.0. The molecule has 1 saturated carbocycles. The number of aliphatic hydroxyl groups excluding tert-OH is 1. The summed E-state index contributed by atoms with van der Waals surface area (Å²) in [5.41, 5.74) is 2.09. The van der Waals surface area contributed by atoms with E-state index in [0.717, 1.165) is 30.4 Å². The topological polar surface area (TPSA) is 77.8 Å². The number of nitrogens with zero attached hydrogens (tertiary/aromatic N) is 1. The second-order valence-corrected chi connectivity index (χ2v) is 8.87. The Kier molecular flexibility index (Phi) is 6.17. The maximum Gasteiger partial charge on any atom is 0.335 e. The van der Waals surface area contributed by atoms with Crippen LogP contribution in [0.25, 0.3) is 0 Å². The van der Waals surface area contributed by atoms with Gasteiger partial charge in [0.25, 0.3) is 0 Å². The van der Waals surface area contributed by atoms with Crippen LogP contribution in [-0.4, -0.2) is 45.7 Å². The number of benzene rings is 2. The van der Waals surface area contributed by atoms with E-state index in [0.29, 0.717) is 24.4 Å². The molecular formula is C25H26ClNO4. The molecule has 1 aliphatic heterocycles. The number of carbonyl (C=O) groups is 2. The first-order valence-electron chi connectivity index (χ1n) is 10.6. The Morgan fingerprint density at radius 2 is 1.84 bits per heavy atom. The number of carbonyl (C=O) groups excluding carboxylic acids is 1. The standard InChI is InChI=1S/C25H26ClNO4/c26-20-7-5-19(6-8-20)25(14-15-25)22(28)11-9-21-10-12-23(29)27(21)16-13-17-1-3-18(4-2-17)24(30)31/h1-9,11,21-22,28H,10,12-16H2,(H,30,31). The number of halogens is 1. The van der Waals surface area contributed by atoms with Gasteiger partial charge in [-0.25, -0.2) is 4.79 Å². The third-order valence-electron chi connectivity index (χ3n) is 6.51. The molecule has 6 heteroatoms. The summed E-state index contributed by atoms with van der Waals surface area (Å²) in [6.07, 6.45) is 6.99. The van der Waals surface area contributed by atoms with Crippen molar-refractivity contribution >= 4 is 23.5 Å². The van der Waals surface area contributed by atoms with Crippen LogP contribution in [0.1, 0.15) is 47.2 Å². The second-order valence-electron chi connectivity index (χ2n) is 8.44. The zero-order chi connectivity index (χ0) is 22.0. The van der Waals surface area contributed by atoms with Gasteiger partial charge in [-0.05, 0) is 61.1 Å². The van der Waals surface area contributed by atoms with Gasteiger partial charge in [0, 0.05) is 23.4 Å². The van der Waals surface area contributed by atoms with Gasteiger partial charge in [-0.1, -0.05) is 48.0 Å². The lowest BCUT2D eigenvalue weighted by molar-refractivity contribution is -0.128. The molecule has 1 saturated heterocycles. The quantitative estimate of drug-likeness (QED) is 0.603. The van der Waals surface area contributed by atoms with Crippen molar-refractivity contribution in [3.05, 3.63) is 82.4 Å². The molecule has 31 heavy (non-hydrogen) atoms. The molecule has 2 aromatic rings. The Bertz CT molecular complexity index is 980. The maximum atomic E-state index is 12.4. The molecule has 2 unspecified atom stereocenters. The number of likely N-dealkylation sites (tertiary alicyclic amines) is 1. The van der Waals surface area contributed by atoms with Crippen LogP contribution in [-0.2, 0) is 16.6 Å². The molecule has 162 valence electrons. The smallest absolute Gasteiger partial charge is 0.335 e. The molecule has 2 aliphatic rings. The minimum atomic E-state index is -0.947. The van der Waals surface area contributed by atoms with E-state index in [1.807, 2.05) is 41.3 Å². The Morgan fingerprint density at radius 3 is 2.45 bits per heavy atom. The molecule has 1 heterocycles. The summed E-state index contributed by atoms with van der Waals surface area (Å²) in [4.78, 5) is 25.2. The number of rotatable bonds is 8. The Morgan fingerprint density at radius 1 is 1.16 bits per heavy atom. The fraction of sp³-hybridized carbons (Fsp3) is 0.360. The van der Waals surface area contributed by atoms with Crippen LogP contribution in [0, 0.1) is 0 Å². The zero-order valence-corrected chi connectivity index (χ0v) is 18.0. The normalized spacial score (nSPS) is 20.9. The molecule has 1 amide bonds. The van der Waals surface area contributed by atoms with Crippen LogP contribution < -0.4 is 0 Å². The van der Waals surface area contributed by atoms with E-state index in [-0.39, 0.29) is 22.9 Å². The van der Waals surface area contributed by atoms with Crippen molar-refractivity contribution in [3.63, 3.8) is 0 Å². The van der Waals surface area contributed by atoms with Gasteiger partial charge in [-0.15, -0.1) is 0 Å². The van der Waals surface area contributed by atoms with Gasteiger partial charge in [-0.3, -0.25) is 4.79 Å². The lowest BCUT2D eigenvalue weighted by Gasteiger charge is -2.24. The van der Waals surface area contributed by atoms with Crippen molar-refractivity contribution < 1.29 is 19.8 Å². The third kappa shape index (κ3) is 4.68. The maximum absolute atomic E-state index is 12.4. The van der Waals surface area contributed by atoms with Gasteiger partial charge < -0.3 is 15.1 Å². The average molecular weight is 440 g/mol. The fourth-order valence-corrected chi connectivity index (χ4v) is 4.53. The molecule has 2 aromatic carbocycles. The summed E-state index contributed by atoms with van der Waals surface area (Å²) in [7, 11) is 0. The number of hydrogen-bond acceptors (Lipinski definition) is 3. The highest BCUT2D eigenvalue weighted by molar-refractivity contribution is 6.30. The van der Waals surface area contributed by atoms with Gasteiger partial charge in [0.1, 0.15) is 0 Å². The molecular weight excluding hydrogens is 414 g/mol. The summed E-state index contributed by atoms with van der Waals surface area (Å²) in [6, 6.07) is 14.4. The van der Waals surface area contributed by atoms with E-state index in [1.54, 1.807) is 24.3 Å². The Balaban J connectivity index is 1.39. The summed E-state index contributed by atoms with van der Waals surface area (Å²) in [5, 5.41) is 20.6. The van der Waals surface area contributed by atoms with Crippen LogP contribution in [0.2, 0.25) is 5.02 Å². The molecule has 0 bridgehead atoms. The summed E-state index contributed by atoms with van der Waals surface area (Å²) in [6.45, 7) is 0.568. The number of carboxylic acids is 1. The first-order chi connectivity index (χ1) is 14.9. The monoisotopic (exact) mass is 439 g/mol. The predicted molar refractivity (Wildman–Crippen MR) is 119 cm³/mol. The molecule has 2 fully saturated rings. The molecule has 0 radical (unpaired) electrons. The van der Waals surface area contributed by atoms with Crippen molar-refractivity contribution in [2.45, 2.75) is 49.7 Å². The number of hydrogen-bond donors (Lipinski definition) is 2. The highest BCUT2D eigenvalue weighted by Crippen LogP contribution is 2.51. The molecule has 5 nitrogen and oxygen atoms in total. The van der Waals surface area contributed by atoms with Crippen LogP contribution >= 0.6 is 11.6 Å². The number of aliphatic hydroxyl groups is 1. The van der Waals surface area contributed by atoms with Crippen LogP contribution in [0.15, 0.2) is 60.7 Å². The lowest BCUT2D eigenvalue weighted by atomic mass is 9.89. The van der Waals surface area contributed by atoms with E-state index in [9.17, 15) is 14.7 Å². The third-order valence-corrected chi connectivity index (χ3v) is 6.76. The van der Waals surface area contributed by atoms with E-state index < -0.39 is 12.1 Å². The molecule has 2 N–H and O–H groups in total. The van der Waals surface area contributed by atoms with Crippen molar-refractivity contribution in [3.8, 4) is 0 Å². The van der Waals surface area contributed by atoms with Crippen molar-refractivity contribution in [2.75, 3.05) is 6.54 Å². The van der Waals surface area contributed by atoms with Crippen LogP contribution in [0.3, 0.4) is 0 Å². The van der Waals surface area contributed by atoms with Gasteiger partial charge in [-0.2, -0.15) is 0 Å². The van der Waals surface area contributed by atoms with Crippen molar-refractivity contribution in [1.82, 2.24) is 4.90 Å². The summed E-state index contributed by atoms with van der Waals surface area (Å²) < 4.78 is 0. The van der Waals surface area contributed by atoms with Crippen LogP contribution in [0.4, 0.5) is 0 Å². The molecule has 0 spiro atoms. The van der Waals surface area contributed by atoms with Crippen LogP contribution in [0.5, 0.6) is 0 Å². The number of carboxylic acid groups (broad SMARTS) is 1. The Labute approximate surface area is 187 Å².